The Morgan fingerprint density at radius 3 is 2.61 bits per heavy atom. The maximum atomic E-state index is 11.3. The molecule has 0 aromatic heterocycles. The van der Waals surface area contributed by atoms with Crippen molar-refractivity contribution in [3.63, 3.8) is 0 Å². The average molecular weight is 466 g/mol. The summed E-state index contributed by atoms with van der Waals surface area (Å²) < 4.78 is 10.2. The maximum Gasteiger partial charge on any atom is 1.00 e. The zero-order chi connectivity index (χ0) is 20.8. The quantitative estimate of drug-likeness (QED) is 0.313. The Bertz CT molecular complexity index is 922. The molecule has 154 valence electrons. The van der Waals surface area contributed by atoms with Gasteiger partial charge in [-0.3, -0.25) is 0 Å². The summed E-state index contributed by atoms with van der Waals surface area (Å²) >= 11 is 5.96. The first-order valence-electron chi connectivity index (χ1n) is 9.21. The number of allylic oxidation sites excluding steroid dienone is 2. The second kappa shape index (κ2) is 10.6. The summed E-state index contributed by atoms with van der Waals surface area (Å²) in [6.45, 7) is 0.306. The first-order chi connectivity index (χ1) is 13.8. The third kappa shape index (κ3) is 5.18. The number of rotatable bonds is 6. The average Bonchev–Trinajstić information content (AvgIpc) is 3.25. The largest absolute Gasteiger partial charge is 1.00 e. The Kier molecular flexibility index (Phi) is 9.12. The van der Waals surface area contributed by atoms with Crippen LogP contribution >= 0.6 is 11.6 Å². The van der Waals surface area contributed by atoms with Crippen molar-refractivity contribution in [1.29, 1.82) is 0 Å². The van der Waals surface area contributed by atoms with E-state index in [9.17, 15) is 24.9 Å². The molecule has 2 N–H and O–H groups in total. The summed E-state index contributed by atoms with van der Waals surface area (Å²) in [5, 5.41) is 36.8. The van der Waals surface area contributed by atoms with Gasteiger partial charge in [0.05, 0.1) is 6.10 Å². The number of aliphatic carboxylic acids is 2. The molecule has 31 heavy (non-hydrogen) atoms. The van der Waals surface area contributed by atoms with Crippen molar-refractivity contribution in [2.24, 2.45) is 5.92 Å². The summed E-state index contributed by atoms with van der Waals surface area (Å²) in [4.78, 5) is 22.6. The minimum Gasteiger partial charge on any atom is -0.542 e. The molecule has 1 fully saturated rings. The van der Waals surface area contributed by atoms with Crippen molar-refractivity contribution in [3.8, 4) is 0 Å². The number of carboxylic acid groups (broad SMARTS) is 2. The number of aliphatic hydroxyl groups is 1. The minimum atomic E-state index is -2.95. The van der Waals surface area contributed by atoms with Crippen LogP contribution in [0, 0.1) is 5.92 Å². The fraction of sp³-hybridized carbons (Fsp3) is 0.400. The second-order valence-corrected chi connectivity index (χ2v) is 7.77. The van der Waals surface area contributed by atoms with Crippen molar-refractivity contribution >= 4 is 23.5 Å². The molecule has 0 amide bonds. The molecular weight excluding hydrogens is 448 g/mol. The van der Waals surface area contributed by atoms with Crippen molar-refractivity contribution in [3.05, 3.63) is 58.0 Å². The normalized spacial score (nSPS) is 23.7. The Morgan fingerprint density at radius 1 is 1.26 bits per heavy atom. The topological polar surface area (TPSA) is 131 Å². The van der Waals surface area contributed by atoms with Crippen LogP contribution in [-0.4, -0.2) is 35.4 Å². The monoisotopic (exact) mass is 465 g/mol. The number of aliphatic hydroxyl groups excluding tert-OH is 1. The summed E-state index contributed by atoms with van der Waals surface area (Å²) in [5.74, 6) is -6.78. The van der Waals surface area contributed by atoms with Gasteiger partial charge in [-0.2, -0.15) is 0 Å². The van der Waals surface area contributed by atoms with Crippen LogP contribution in [0.4, 0.5) is 0 Å². The molecule has 1 heterocycles. The predicted molar refractivity (Wildman–Crippen MR) is 95.6 cm³/mol. The van der Waals surface area contributed by atoms with Crippen molar-refractivity contribution in [2.45, 2.75) is 37.2 Å². The van der Waals surface area contributed by atoms with Crippen molar-refractivity contribution in [1.82, 2.24) is 5.32 Å². The van der Waals surface area contributed by atoms with E-state index in [-0.39, 0.29) is 89.0 Å². The number of hydrogen-bond acceptors (Lipinski definition) is 8. The van der Waals surface area contributed by atoms with Gasteiger partial charge in [0.1, 0.15) is 17.7 Å². The molecule has 2 unspecified atom stereocenters. The molecule has 1 aromatic rings. The van der Waals surface area contributed by atoms with E-state index >= 15 is 0 Å². The molecule has 3 aliphatic rings. The number of carbonyl (C=O) groups is 2. The first kappa shape index (κ1) is 26.7. The van der Waals surface area contributed by atoms with Gasteiger partial charge in [0.15, 0.2) is 5.76 Å². The number of fused-ring (bicyclic) bond motifs is 1. The predicted octanol–water partition coefficient (Wildman–Crippen LogP) is -6.47. The van der Waals surface area contributed by atoms with Gasteiger partial charge in [-0.15, -0.1) is 0 Å². The molecule has 3 atom stereocenters. The van der Waals surface area contributed by atoms with E-state index in [1.807, 2.05) is 0 Å². The van der Waals surface area contributed by atoms with Crippen LogP contribution in [0.1, 0.15) is 30.9 Å². The third-order valence-corrected chi connectivity index (χ3v) is 5.80. The second-order valence-electron chi connectivity index (χ2n) is 7.34. The van der Waals surface area contributed by atoms with Gasteiger partial charge >= 0.3 is 64.9 Å². The van der Waals surface area contributed by atoms with Gasteiger partial charge in [-0.1, -0.05) is 29.3 Å². The Labute approximate surface area is 228 Å². The molecular formula is C20H18ClNNa2O7. The van der Waals surface area contributed by atoms with Crippen LogP contribution in [0.3, 0.4) is 0 Å². The van der Waals surface area contributed by atoms with Crippen LogP contribution in [0.15, 0.2) is 47.4 Å². The summed E-state index contributed by atoms with van der Waals surface area (Å²) in [7, 11) is 0. The van der Waals surface area contributed by atoms with Gasteiger partial charge < -0.3 is 39.7 Å². The SMILES string of the molecule is O=C([O-])C1(C(=O)[O-])OC2=C(CC3C(=C2)CCC3NC[C@H](O)c2cccc(Cl)c2)O1.[Na+].[Na+]. The van der Waals surface area contributed by atoms with Crippen LogP contribution in [-0.2, 0) is 19.1 Å². The first-order valence-corrected chi connectivity index (χ1v) is 9.59. The number of benzene rings is 1. The van der Waals surface area contributed by atoms with Crippen LogP contribution in [0.25, 0.3) is 0 Å². The molecule has 0 radical (unpaired) electrons. The summed E-state index contributed by atoms with van der Waals surface area (Å²) in [6, 6.07) is 7.00. The Hall–Kier alpha value is -0.550. The van der Waals surface area contributed by atoms with E-state index in [4.69, 9.17) is 21.1 Å². The smallest absolute Gasteiger partial charge is 0.542 e. The molecule has 1 aliphatic heterocycles. The molecule has 0 spiro atoms. The maximum absolute atomic E-state index is 11.3. The molecule has 2 aliphatic carbocycles. The fourth-order valence-corrected chi connectivity index (χ4v) is 4.28. The summed E-state index contributed by atoms with van der Waals surface area (Å²) in [6.07, 6.45) is 2.72. The molecule has 11 heteroatoms. The van der Waals surface area contributed by atoms with Gasteiger partial charge in [-0.05, 0) is 36.6 Å². The van der Waals surface area contributed by atoms with Gasteiger partial charge in [0.2, 0.25) is 0 Å². The van der Waals surface area contributed by atoms with E-state index in [1.54, 1.807) is 30.3 Å². The number of hydrogen-bond donors (Lipinski definition) is 2. The zero-order valence-electron chi connectivity index (χ0n) is 17.2. The Morgan fingerprint density at radius 2 is 1.97 bits per heavy atom. The minimum absolute atomic E-state index is 0. The van der Waals surface area contributed by atoms with Crippen LogP contribution in [0.2, 0.25) is 5.02 Å². The van der Waals surface area contributed by atoms with Gasteiger partial charge in [-0.25, -0.2) is 0 Å². The van der Waals surface area contributed by atoms with E-state index in [0.717, 1.165) is 18.4 Å². The van der Waals surface area contributed by atoms with Gasteiger partial charge in [0, 0.05) is 29.9 Å². The number of ether oxygens (including phenoxy) is 2. The third-order valence-electron chi connectivity index (χ3n) is 5.57. The molecule has 8 nitrogen and oxygen atoms in total. The summed E-state index contributed by atoms with van der Waals surface area (Å²) in [5.41, 5.74) is 1.71. The van der Waals surface area contributed by atoms with Gasteiger partial charge in [0.25, 0.3) is 0 Å². The molecule has 0 bridgehead atoms. The number of halogens is 1. The number of carbonyl (C=O) groups excluding carboxylic acids is 2. The van der Waals surface area contributed by atoms with E-state index < -0.39 is 23.8 Å². The van der Waals surface area contributed by atoms with E-state index in [2.05, 4.69) is 5.32 Å². The molecule has 1 saturated carbocycles. The van der Waals surface area contributed by atoms with E-state index in [1.165, 1.54) is 0 Å². The number of nitrogens with one attached hydrogen (secondary N) is 1. The Balaban J connectivity index is 0.00000171. The van der Waals surface area contributed by atoms with E-state index in [0.29, 0.717) is 17.1 Å². The molecule has 4 rings (SSSR count). The van der Waals surface area contributed by atoms with Crippen molar-refractivity contribution in [2.75, 3.05) is 6.54 Å². The standard InChI is InChI=1S/C20H20ClNO7.2Na/c21-12-3-1-2-11(6-12)15(23)9-22-14-5-4-10-7-16-17(8-13(10)14)29-20(28-16,18(24)25)19(26)27;;/h1-3,6-7,13-15,22-23H,4-5,8-9H2,(H,24,25)(H,26,27);;/q;2*+1/p-2/t13?,14?,15-;;/m0../s1. The fourth-order valence-electron chi connectivity index (χ4n) is 4.09. The van der Waals surface area contributed by atoms with Crippen LogP contribution < -0.4 is 74.6 Å². The van der Waals surface area contributed by atoms with Crippen molar-refractivity contribution < 1.29 is 93.5 Å². The van der Waals surface area contributed by atoms with Crippen LogP contribution in [0.5, 0.6) is 0 Å². The number of carboxylic acids is 2. The zero-order valence-corrected chi connectivity index (χ0v) is 22.0. The molecule has 0 saturated heterocycles. The molecule has 1 aromatic carbocycles.